The predicted molar refractivity (Wildman–Crippen MR) is 149 cm³/mol. The quantitative estimate of drug-likeness (QED) is 0.224. The molecule has 0 spiro atoms. The Kier molecular flexibility index (Phi) is 8.73. The molecule has 0 aliphatic rings. The number of carbonyl (C=O) groups is 3. The van der Waals surface area contributed by atoms with Crippen LogP contribution in [0, 0.1) is 6.92 Å². The van der Waals surface area contributed by atoms with Crippen molar-refractivity contribution in [2.24, 2.45) is 0 Å². The normalized spacial score (nSPS) is 11.9. The predicted octanol–water partition coefficient (Wildman–Crippen LogP) is 5.24. The molecule has 0 fully saturated rings. The number of para-hydroxylation sites is 1. The zero-order chi connectivity index (χ0) is 27.1. The van der Waals surface area contributed by atoms with Crippen LogP contribution in [0.15, 0.2) is 54.7 Å². The van der Waals surface area contributed by atoms with Crippen LogP contribution in [0.4, 0.5) is 5.69 Å². The number of aromatic amines is 1. The first-order valence-electron chi connectivity index (χ1n) is 12.9. The van der Waals surface area contributed by atoms with E-state index in [1.54, 1.807) is 20.2 Å². The Morgan fingerprint density at radius 2 is 1.87 bits per heavy atom. The summed E-state index contributed by atoms with van der Waals surface area (Å²) in [6, 6.07) is 14.4. The molecule has 8 nitrogen and oxygen atoms in total. The molecule has 3 N–H and O–H groups in total. The number of nitrogens with zero attached hydrogens (tertiary/aromatic N) is 1. The van der Waals surface area contributed by atoms with Crippen LogP contribution in [0.3, 0.4) is 0 Å². The lowest BCUT2D eigenvalue weighted by Gasteiger charge is -2.19. The number of ether oxygens (including phenoxy) is 1. The molecule has 8 heteroatoms. The van der Waals surface area contributed by atoms with Gasteiger partial charge in [-0.2, -0.15) is 0 Å². The number of aryl methyl sites for hydroxylation is 1. The molecule has 0 bridgehead atoms. The Morgan fingerprint density at radius 1 is 1.05 bits per heavy atom. The topological polar surface area (TPSA) is 113 Å². The molecule has 1 atom stereocenters. The molecule has 0 aliphatic heterocycles. The number of ketones is 1. The molecule has 2 amide bonds. The van der Waals surface area contributed by atoms with Crippen LogP contribution in [0.25, 0.3) is 21.8 Å². The number of Topliss-reactive ketones (excluding diaryl/α,β-unsaturated/α-hetero) is 1. The number of methoxy groups -OCH3 is 1. The van der Waals surface area contributed by atoms with Crippen LogP contribution in [-0.4, -0.2) is 40.7 Å². The summed E-state index contributed by atoms with van der Waals surface area (Å²) in [6.07, 6.45) is 5.08. The van der Waals surface area contributed by atoms with Crippen molar-refractivity contribution in [1.82, 2.24) is 15.3 Å². The van der Waals surface area contributed by atoms with Crippen molar-refractivity contribution < 1.29 is 19.1 Å². The Balaban J connectivity index is 1.50. The van der Waals surface area contributed by atoms with Crippen molar-refractivity contribution in [1.29, 1.82) is 0 Å². The third-order valence-corrected chi connectivity index (χ3v) is 6.73. The van der Waals surface area contributed by atoms with Gasteiger partial charge in [-0.05, 0) is 62.6 Å². The van der Waals surface area contributed by atoms with E-state index in [0.717, 1.165) is 40.4 Å². The first-order chi connectivity index (χ1) is 18.4. The molecule has 4 rings (SSSR count). The second kappa shape index (κ2) is 12.4. The summed E-state index contributed by atoms with van der Waals surface area (Å²) >= 11 is 0. The van der Waals surface area contributed by atoms with Crippen LogP contribution in [-0.2, 0) is 20.8 Å². The fourth-order valence-electron chi connectivity index (χ4n) is 4.72. The van der Waals surface area contributed by atoms with E-state index in [2.05, 4.69) is 20.6 Å². The zero-order valence-electron chi connectivity index (χ0n) is 22.1. The van der Waals surface area contributed by atoms with Gasteiger partial charge >= 0.3 is 0 Å². The molecule has 0 saturated heterocycles. The van der Waals surface area contributed by atoms with Gasteiger partial charge in [-0.15, -0.1) is 0 Å². The average molecular weight is 515 g/mol. The van der Waals surface area contributed by atoms with Crippen molar-refractivity contribution in [2.45, 2.75) is 58.4 Å². The summed E-state index contributed by atoms with van der Waals surface area (Å²) in [7, 11) is 1.61. The fourth-order valence-corrected chi connectivity index (χ4v) is 4.72. The van der Waals surface area contributed by atoms with Gasteiger partial charge in [0.2, 0.25) is 11.8 Å². The van der Waals surface area contributed by atoms with E-state index in [9.17, 15) is 14.4 Å². The number of benzene rings is 2. The van der Waals surface area contributed by atoms with Crippen LogP contribution >= 0.6 is 0 Å². The third kappa shape index (κ3) is 6.56. The Morgan fingerprint density at radius 3 is 2.66 bits per heavy atom. The zero-order valence-corrected chi connectivity index (χ0v) is 22.1. The average Bonchev–Trinajstić information content (AvgIpc) is 3.21. The summed E-state index contributed by atoms with van der Waals surface area (Å²) in [5.74, 6) is 0.337. The van der Waals surface area contributed by atoms with E-state index in [-0.39, 0.29) is 24.0 Å². The minimum atomic E-state index is -0.723. The van der Waals surface area contributed by atoms with Crippen molar-refractivity contribution in [3.63, 3.8) is 0 Å². The van der Waals surface area contributed by atoms with Gasteiger partial charge in [0.15, 0.2) is 0 Å². The molecule has 0 aliphatic carbocycles. The lowest BCUT2D eigenvalue weighted by atomic mass is 10.0. The van der Waals surface area contributed by atoms with Gasteiger partial charge in [0.25, 0.3) is 0 Å². The molecule has 0 saturated carbocycles. The molecule has 2 aromatic carbocycles. The first-order valence-corrected chi connectivity index (χ1v) is 12.9. The monoisotopic (exact) mass is 514 g/mol. The van der Waals surface area contributed by atoms with Crippen LogP contribution in [0.5, 0.6) is 5.75 Å². The number of hydrogen-bond acceptors (Lipinski definition) is 5. The number of H-pyrrole nitrogens is 1. The summed E-state index contributed by atoms with van der Waals surface area (Å²) in [5, 5.41) is 7.77. The van der Waals surface area contributed by atoms with E-state index in [4.69, 9.17) is 4.74 Å². The number of amides is 2. The van der Waals surface area contributed by atoms with E-state index in [0.29, 0.717) is 36.2 Å². The Labute approximate surface area is 222 Å². The number of aromatic nitrogens is 2. The number of rotatable bonds is 12. The van der Waals surface area contributed by atoms with Gasteiger partial charge in [-0.3, -0.25) is 14.6 Å². The summed E-state index contributed by atoms with van der Waals surface area (Å²) in [5.41, 5.74) is 3.99. The van der Waals surface area contributed by atoms with Crippen LogP contribution in [0.2, 0.25) is 0 Å². The van der Waals surface area contributed by atoms with E-state index in [1.165, 1.54) is 0 Å². The molecule has 0 radical (unpaired) electrons. The van der Waals surface area contributed by atoms with Gasteiger partial charge in [-0.25, -0.2) is 0 Å². The number of pyridine rings is 1. The molecule has 2 heterocycles. The number of carbonyl (C=O) groups excluding carboxylic acids is 3. The van der Waals surface area contributed by atoms with E-state index >= 15 is 0 Å². The highest BCUT2D eigenvalue weighted by molar-refractivity contribution is 6.03. The van der Waals surface area contributed by atoms with Crippen molar-refractivity contribution in [3.05, 3.63) is 66.0 Å². The molecule has 198 valence electrons. The highest BCUT2D eigenvalue weighted by atomic mass is 16.5. The van der Waals surface area contributed by atoms with Crippen LogP contribution < -0.4 is 15.4 Å². The van der Waals surface area contributed by atoms with Gasteiger partial charge in [0.05, 0.1) is 24.7 Å². The minimum absolute atomic E-state index is 0.128. The van der Waals surface area contributed by atoms with Gasteiger partial charge in [0, 0.05) is 34.6 Å². The highest BCUT2D eigenvalue weighted by Gasteiger charge is 2.23. The maximum Gasteiger partial charge on any atom is 0.247 e. The second-order valence-electron chi connectivity index (χ2n) is 9.61. The molecule has 4 aromatic rings. The second-order valence-corrected chi connectivity index (χ2v) is 9.61. The van der Waals surface area contributed by atoms with E-state index in [1.807, 2.05) is 55.5 Å². The van der Waals surface area contributed by atoms with Crippen molar-refractivity contribution >= 4 is 45.1 Å². The number of hydrogen-bond donors (Lipinski definition) is 3. The van der Waals surface area contributed by atoms with Crippen LogP contribution in [0.1, 0.15) is 50.3 Å². The van der Waals surface area contributed by atoms with Gasteiger partial charge in [-0.1, -0.05) is 31.0 Å². The number of fused-ring (bicyclic) bond motifs is 2. The summed E-state index contributed by atoms with van der Waals surface area (Å²) in [6.45, 7) is 3.51. The van der Waals surface area contributed by atoms with Crippen molar-refractivity contribution in [2.75, 3.05) is 12.4 Å². The summed E-state index contributed by atoms with van der Waals surface area (Å²) in [4.78, 5) is 45.6. The van der Waals surface area contributed by atoms with Crippen molar-refractivity contribution in [3.8, 4) is 5.75 Å². The first kappa shape index (κ1) is 26.9. The number of nitrogens with one attached hydrogen (secondary N) is 3. The largest absolute Gasteiger partial charge is 0.497 e. The molecule has 38 heavy (non-hydrogen) atoms. The highest BCUT2D eigenvalue weighted by Crippen LogP contribution is 2.27. The third-order valence-electron chi connectivity index (χ3n) is 6.73. The fraction of sp³-hybridized carbons (Fsp3) is 0.333. The maximum absolute atomic E-state index is 13.4. The smallest absolute Gasteiger partial charge is 0.247 e. The molecule has 2 aromatic heterocycles. The molecule has 1 unspecified atom stereocenters. The maximum atomic E-state index is 13.4. The van der Waals surface area contributed by atoms with Gasteiger partial charge < -0.3 is 25.1 Å². The Hall–Kier alpha value is -4.20. The number of anilines is 1. The molecular weight excluding hydrogens is 480 g/mol. The SMILES string of the molecule is COc1ccc2[nH]c(C)c(CC(=O)NC(CCCCCC(C)=O)C(=O)Nc3cccc4cccnc34)c2c1. The standard InChI is InChI=1S/C30H34N4O4/c1-19(35)9-5-4-6-12-27(30(37)34-26-13-7-10-21-11-8-16-31-29(21)26)33-28(36)18-23-20(2)32-25-15-14-22(38-3)17-24(23)25/h7-8,10-11,13-17,27,32H,4-6,9,12,18H2,1-3H3,(H,33,36)(H,34,37). The Bertz CT molecular complexity index is 1450. The molecular formula is C30H34N4O4. The summed E-state index contributed by atoms with van der Waals surface area (Å²) < 4.78 is 5.36. The lowest BCUT2D eigenvalue weighted by Crippen LogP contribution is -2.44. The lowest BCUT2D eigenvalue weighted by molar-refractivity contribution is -0.126. The minimum Gasteiger partial charge on any atom is -0.497 e. The van der Waals surface area contributed by atoms with Gasteiger partial charge in [0.1, 0.15) is 17.6 Å². The van der Waals surface area contributed by atoms with E-state index < -0.39 is 6.04 Å². The number of unbranched alkanes of at least 4 members (excludes halogenated alkanes) is 2.